The van der Waals surface area contributed by atoms with Gasteiger partial charge in [-0.05, 0) is 39.7 Å². The van der Waals surface area contributed by atoms with Crippen molar-refractivity contribution >= 4 is 5.91 Å². The standard InChI is InChI=1S/C11H21N3O2/c1-8(2)14-6-3-4-11(5-7-14)9(15)12-10(16)13-11/h8,10,13,16H,3-7H2,1-2H3,(H,12,15). The number of rotatable bonds is 1. The van der Waals surface area contributed by atoms with Crippen molar-refractivity contribution in [1.82, 2.24) is 15.5 Å². The van der Waals surface area contributed by atoms with Gasteiger partial charge < -0.3 is 15.3 Å². The Kier molecular flexibility index (Phi) is 3.19. The molecule has 1 amide bonds. The van der Waals surface area contributed by atoms with E-state index in [1.807, 2.05) is 0 Å². The molecule has 0 bridgehead atoms. The molecule has 92 valence electrons. The Labute approximate surface area is 96.2 Å². The van der Waals surface area contributed by atoms with Gasteiger partial charge in [-0.3, -0.25) is 10.1 Å². The van der Waals surface area contributed by atoms with Gasteiger partial charge in [0.05, 0.1) is 0 Å². The average Bonchev–Trinajstić information content (AvgIpc) is 2.37. The Morgan fingerprint density at radius 2 is 2.19 bits per heavy atom. The molecule has 5 heteroatoms. The predicted octanol–water partition coefficient (Wildman–Crippen LogP) is -0.385. The number of hydrogen-bond acceptors (Lipinski definition) is 4. The molecule has 2 unspecified atom stereocenters. The Balaban J connectivity index is 2.05. The van der Waals surface area contributed by atoms with Crippen molar-refractivity contribution in [3.05, 3.63) is 0 Å². The molecule has 5 nitrogen and oxygen atoms in total. The molecule has 0 aromatic carbocycles. The van der Waals surface area contributed by atoms with E-state index >= 15 is 0 Å². The van der Waals surface area contributed by atoms with E-state index in [1.165, 1.54) is 0 Å². The lowest BCUT2D eigenvalue weighted by molar-refractivity contribution is -0.124. The third kappa shape index (κ3) is 2.07. The number of amides is 1. The van der Waals surface area contributed by atoms with Gasteiger partial charge in [0, 0.05) is 12.6 Å². The van der Waals surface area contributed by atoms with E-state index < -0.39 is 11.9 Å². The van der Waals surface area contributed by atoms with Crippen LogP contribution in [-0.4, -0.2) is 46.9 Å². The normalized spacial score (nSPS) is 36.8. The lowest BCUT2D eigenvalue weighted by atomic mass is 9.91. The largest absolute Gasteiger partial charge is 0.361 e. The minimum absolute atomic E-state index is 0.0504. The molecule has 2 aliphatic heterocycles. The number of aliphatic hydroxyl groups excluding tert-OH is 1. The van der Waals surface area contributed by atoms with Crippen molar-refractivity contribution in [2.45, 2.75) is 51.0 Å². The Morgan fingerprint density at radius 1 is 1.44 bits per heavy atom. The van der Waals surface area contributed by atoms with Gasteiger partial charge in [0.1, 0.15) is 5.54 Å². The molecule has 3 N–H and O–H groups in total. The summed E-state index contributed by atoms with van der Waals surface area (Å²) in [6.07, 6.45) is 1.69. The minimum Gasteiger partial charge on any atom is -0.361 e. The van der Waals surface area contributed by atoms with Crippen LogP contribution in [0.4, 0.5) is 0 Å². The molecule has 0 aliphatic carbocycles. The number of carbonyl (C=O) groups excluding carboxylic acids is 1. The lowest BCUT2D eigenvalue weighted by Gasteiger charge is -2.26. The summed E-state index contributed by atoms with van der Waals surface area (Å²) in [4.78, 5) is 14.2. The van der Waals surface area contributed by atoms with Crippen molar-refractivity contribution in [2.75, 3.05) is 13.1 Å². The minimum atomic E-state index is -0.877. The summed E-state index contributed by atoms with van der Waals surface area (Å²) in [6, 6.07) is 0.518. The van der Waals surface area contributed by atoms with Crippen LogP contribution in [0.5, 0.6) is 0 Å². The quantitative estimate of drug-likeness (QED) is 0.571. The molecule has 2 heterocycles. The van der Waals surface area contributed by atoms with Crippen LogP contribution in [0, 0.1) is 0 Å². The van der Waals surface area contributed by atoms with Crippen LogP contribution in [-0.2, 0) is 4.79 Å². The first-order valence-electron chi connectivity index (χ1n) is 6.04. The zero-order valence-electron chi connectivity index (χ0n) is 9.99. The van der Waals surface area contributed by atoms with Crippen molar-refractivity contribution in [2.24, 2.45) is 0 Å². The van der Waals surface area contributed by atoms with Crippen molar-refractivity contribution in [3.63, 3.8) is 0 Å². The molecule has 1 spiro atoms. The summed E-state index contributed by atoms with van der Waals surface area (Å²) >= 11 is 0. The molecule has 16 heavy (non-hydrogen) atoms. The molecule has 0 saturated carbocycles. The summed E-state index contributed by atoms with van der Waals surface area (Å²) in [5.74, 6) is -0.0504. The first kappa shape index (κ1) is 11.8. The summed E-state index contributed by atoms with van der Waals surface area (Å²) in [5, 5.41) is 15.0. The number of likely N-dealkylation sites (tertiary alicyclic amines) is 1. The smallest absolute Gasteiger partial charge is 0.243 e. The average molecular weight is 227 g/mol. The second kappa shape index (κ2) is 4.31. The highest BCUT2D eigenvalue weighted by atomic mass is 16.3. The van der Waals surface area contributed by atoms with Crippen LogP contribution in [0.15, 0.2) is 0 Å². The van der Waals surface area contributed by atoms with Gasteiger partial charge in [-0.25, -0.2) is 0 Å². The first-order chi connectivity index (χ1) is 7.53. The second-order valence-corrected chi connectivity index (χ2v) is 5.09. The van der Waals surface area contributed by atoms with E-state index in [1.54, 1.807) is 0 Å². The van der Waals surface area contributed by atoms with Gasteiger partial charge in [-0.15, -0.1) is 0 Å². The highest BCUT2D eigenvalue weighted by Gasteiger charge is 2.46. The predicted molar refractivity (Wildman–Crippen MR) is 60.6 cm³/mol. The molecule has 2 aliphatic rings. The summed E-state index contributed by atoms with van der Waals surface area (Å²) in [5.41, 5.74) is -0.539. The molecule has 2 fully saturated rings. The first-order valence-corrected chi connectivity index (χ1v) is 6.04. The second-order valence-electron chi connectivity index (χ2n) is 5.09. The molecular formula is C11H21N3O2. The van der Waals surface area contributed by atoms with Crippen LogP contribution < -0.4 is 10.6 Å². The van der Waals surface area contributed by atoms with Crippen LogP contribution >= 0.6 is 0 Å². The topological polar surface area (TPSA) is 64.6 Å². The lowest BCUT2D eigenvalue weighted by Crippen LogP contribution is -2.48. The third-order valence-electron chi connectivity index (χ3n) is 3.72. The van der Waals surface area contributed by atoms with Gasteiger partial charge in [-0.2, -0.15) is 0 Å². The van der Waals surface area contributed by atoms with Crippen LogP contribution in [0.3, 0.4) is 0 Å². The molecule has 0 aromatic rings. The Bertz CT molecular complexity index is 282. The summed E-state index contributed by atoms with van der Waals surface area (Å²) < 4.78 is 0. The zero-order chi connectivity index (χ0) is 11.8. The van der Waals surface area contributed by atoms with Gasteiger partial charge in [-0.1, -0.05) is 0 Å². The summed E-state index contributed by atoms with van der Waals surface area (Å²) in [6.45, 7) is 6.29. The molecule has 0 radical (unpaired) electrons. The third-order valence-corrected chi connectivity index (χ3v) is 3.72. The Hall–Kier alpha value is -0.650. The highest BCUT2D eigenvalue weighted by molar-refractivity contribution is 5.88. The molecule has 0 aromatic heterocycles. The maximum atomic E-state index is 11.8. The number of hydrogen-bond donors (Lipinski definition) is 3. The number of nitrogens with one attached hydrogen (secondary N) is 2. The highest BCUT2D eigenvalue weighted by Crippen LogP contribution is 2.26. The van der Waals surface area contributed by atoms with E-state index in [0.717, 1.165) is 32.4 Å². The zero-order valence-corrected chi connectivity index (χ0v) is 9.99. The Morgan fingerprint density at radius 3 is 2.75 bits per heavy atom. The summed E-state index contributed by atoms with van der Waals surface area (Å²) in [7, 11) is 0. The van der Waals surface area contributed by atoms with E-state index in [2.05, 4.69) is 29.4 Å². The number of nitrogens with zero attached hydrogens (tertiary/aromatic N) is 1. The van der Waals surface area contributed by atoms with Gasteiger partial charge >= 0.3 is 0 Å². The van der Waals surface area contributed by atoms with Crippen LogP contribution in [0.25, 0.3) is 0 Å². The maximum Gasteiger partial charge on any atom is 0.243 e. The fourth-order valence-electron chi connectivity index (χ4n) is 2.67. The van der Waals surface area contributed by atoms with Gasteiger partial charge in [0.2, 0.25) is 5.91 Å². The van der Waals surface area contributed by atoms with Gasteiger partial charge in [0.15, 0.2) is 6.35 Å². The monoisotopic (exact) mass is 227 g/mol. The molecule has 2 atom stereocenters. The fourth-order valence-corrected chi connectivity index (χ4v) is 2.67. The number of aliphatic hydroxyl groups is 1. The molecule has 2 rings (SSSR count). The van der Waals surface area contributed by atoms with E-state index in [-0.39, 0.29) is 5.91 Å². The van der Waals surface area contributed by atoms with Crippen molar-refractivity contribution in [3.8, 4) is 0 Å². The van der Waals surface area contributed by atoms with Crippen LogP contribution in [0.1, 0.15) is 33.1 Å². The molecule has 2 saturated heterocycles. The fraction of sp³-hybridized carbons (Fsp3) is 0.909. The maximum absolute atomic E-state index is 11.8. The van der Waals surface area contributed by atoms with E-state index in [9.17, 15) is 9.90 Å². The van der Waals surface area contributed by atoms with Gasteiger partial charge in [0.25, 0.3) is 0 Å². The SMILES string of the molecule is CC(C)N1CCCC2(CC1)NC(O)NC2=O. The van der Waals surface area contributed by atoms with Crippen molar-refractivity contribution in [1.29, 1.82) is 0 Å². The van der Waals surface area contributed by atoms with Crippen molar-refractivity contribution < 1.29 is 9.90 Å². The van der Waals surface area contributed by atoms with E-state index in [4.69, 9.17) is 0 Å². The van der Waals surface area contributed by atoms with E-state index in [0.29, 0.717) is 6.04 Å². The molecular weight excluding hydrogens is 206 g/mol. The van der Waals surface area contributed by atoms with Crippen LogP contribution in [0.2, 0.25) is 0 Å². The number of carbonyl (C=O) groups is 1.